The summed E-state index contributed by atoms with van der Waals surface area (Å²) in [7, 11) is -1.95. The number of hydrogen-bond acceptors (Lipinski definition) is 5. The number of sulfonamides is 1. The van der Waals surface area contributed by atoms with E-state index in [1.807, 2.05) is 24.3 Å². The molecular formula is C21H25BrN2O5S. The van der Waals surface area contributed by atoms with E-state index in [0.717, 1.165) is 11.5 Å². The molecule has 1 saturated heterocycles. The van der Waals surface area contributed by atoms with E-state index in [4.69, 9.17) is 9.47 Å². The Hall–Kier alpha value is -2.10. The van der Waals surface area contributed by atoms with E-state index in [9.17, 15) is 13.2 Å². The number of amides is 1. The molecule has 30 heavy (non-hydrogen) atoms. The van der Waals surface area contributed by atoms with Gasteiger partial charge < -0.3 is 14.4 Å². The standard InChI is InChI=1S/C21H25BrN2O5S/c1-28-18-7-9-19(10-8-18)29-15-3-6-21(25)23-11-13-24(14-12-23)30(26,27)20-5-2-4-17(22)16-20/h2,4-5,7-10,16H,3,6,11-15H2,1H3. The molecule has 0 aliphatic carbocycles. The second-order valence-electron chi connectivity index (χ2n) is 6.87. The molecule has 7 nitrogen and oxygen atoms in total. The highest BCUT2D eigenvalue weighted by atomic mass is 79.9. The first-order valence-electron chi connectivity index (χ1n) is 9.70. The summed E-state index contributed by atoms with van der Waals surface area (Å²) in [5, 5.41) is 0. The van der Waals surface area contributed by atoms with Crippen LogP contribution < -0.4 is 9.47 Å². The number of benzene rings is 2. The summed E-state index contributed by atoms with van der Waals surface area (Å²) in [6.45, 7) is 1.82. The number of carbonyl (C=O) groups excluding carboxylic acids is 1. The number of carbonyl (C=O) groups is 1. The molecule has 0 N–H and O–H groups in total. The number of piperazine rings is 1. The molecule has 2 aromatic rings. The normalized spacial score (nSPS) is 15.1. The number of rotatable bonds is 8. The van der Waals surface area contributed by atoms with Gasteiger partial charge in [0.05, 0.1) is 18.6 Å². The zero-order valence-corrected chi connectivity index (χ0v) is 19.2. The molecule has 0 bridgehead atoms. The van der Waals surface area contributed by atoms with Gasteiger partial charge in [0.1, 0.15) is 11.5 Å². The predicted octanol–water partition coefficient (Wildman–Crippen LogP) is 3.15. The Balaban J connectivity index is 1.42. The topological polar surface area (TPSA) is 76.2 Å². The molecule has 0 spiro atoms. The summed E-state index contributed by atoms with van der Waals surface area (Å²) in [4.78, 5) is 14.4. The molecule has 0 radical (unpaired) electrons. The molecule has 0 unspecified atom stereocenters. The number of methoxy groups -OCH3 is 1. The molecule has 0 aromatic heterocycles. The Bertz CT molecular complexity index is 958. The van der Waals surface area contributed by atoms with E-state index in [2.05, 4.69) is 15.9 Å². The van der Waals surface area contributed by atoms with Gasteiger partial charge in [-0.15, -0.1) is 0 Å². The summed E-state index contributed by atoms with van der Waals surface area (Å²) < 4.78 is 38.5. The lowest BCUT2D eigenvalue weighted by molar-refractivity contribution is -0.132. The summed E-state index contributed by atoms with van der Waals surface area (Å²) in [5.41, 5.74) is 0. The van der Waals surface area contributed by atoms with Gasteiger partial charge in [-0.3, -0.25) is 4.79 Å². The number of halogens is 1. The molecule has 1 aliphatic rings. The molecule has 1 amide bonds. The monoisotopic (exact) mass is 496 g/mol. The molecule has 9 heteroatoms. The van der Waals surface area contributed by atoms with E-state index in [0.29, 0.717) is 50.1 Å². The Kier molecular flexibility index (Phi) is 7.74. The average Bonchev–Trinajstić information content (AvgIpc) is 2.77. The average molecular weight is 497 g/mol. The fraction of sp³-hybridized carbons (Fsp3) is 0.381. The molecule has 1 heterocycles. The van der Waals surface area contributed by atoms with E-state index < -0.39 is 10.0 Å². The summed E-state index contributed by atoms with van der Waals surface area (Å²) in [6.07, 6.45) is 0.968. The molecule has 1 fully saturated rings. The number of ether oxygens (including phenoxy) is 2. The lowest BCUT2D eigenvalue weighted by Crippen LogP contribution is -2.50. The minimum atomic E-state index is -3.55. The van der Waals surface area contributed by atoms with Crippen LogP contribution in [0.2, 0.25) is 0 Å². The first-order chi connectivity index (χ1) is 14.4. The zero-order chi connectivity index (χ0) is 21.6. The van der Waals surface area contributed by atoms with E-state index in [-0.39, 0.29) is 10.8 Å². The van der Waals surface area contributed by atoms with Crippen molar-refractivity contribution in [1.29, 1.82) is 0 Å². The van der Waals surface area contributed by atoms with Crippen molar-refractivity contribution in [1.82, 2.24) is 9.21 Å². The van der Waals surface area contributed by atoms with Crippen LogP contribution in [0.4, 0.5) is 0 Å². The van der Waals surface area contributed by atoms with Crippen molar-refractivity contribution in [3.63, 3.8) is 0 Å². The van der Waals surface area contributed by atoms with Gasteiger partial charge in [0.25, 0.3) is 0 Å². The molecule has 0 atom stereocenters. The lowest BCUT2D eigenvalue weighted by atomic mass is 10.2. The van der Waals surface area contributed by atoms with Crippen molar-refractivity contribution < 1.29 is 22.7 Å². The van der Waals surface area contributed by atoms with Crippen molar-refractivity contribution >= 4 is 31.9 Å². The summed E-state index contributed by atoms with van der Waals surface area (Å²) in [6, 6.07) is 14.0. The van der Waals surface area contributed by atoms with Crippen molar-refractivity contribution in [2.45, 2.75) is 17.7 Å². The van der Waals surface area contributed by atoms with Crippen LogP contribution in [0, 0.1) is 0 Å². The smallest absolute Gasteiger partial charge is 0.243 e. The van der Waals surface area contributed by atoms with Gasteiger partial charge in [-0.05, 0) is 48.9 Å². The first kappa shape index (κ1) is 22.6. The molecule has 0 saturated carbocycles. The minimum Gasteiger partial charge on any atom is -0.497 e. The van der Waals surface area contributed by atoms with Gasteiger partial charge in [-0.1, -0.05) is 22.0 Å². The number of nitrogens with zero attached hydrogens (tertiary/aromatic N) is 2. The van der Waals surface area contributed by atoms with Crippen LogP contribution in [0.5, 0.6) is 11.5 Å². The Labute approximate surface area is 185 Å². The fourth-order valence-electron chi connectivity index (χ4n) is 3.20. The minimum absolute atomic E-state index is 0.0211. The van der Waals surface area contributed by atoms with Gasteiger partial charge in [-0.2, -0.15) is 4.31 Å². The van der Waals surface area contributed by atoms with Gasteiger partial charge in [0, 0.05) is 37.1 Å². The highest BCUT2D eigenvalue weighted by Crippen LogP contribution is 2.21. The molecule has 2 aromatic carbocycles. The fourth-order valence-corrected chi connectivity index (χ4v) is 5.22. The van der Waals surface area contributed by atoms with Crippen molar-refractivity contribution in [3.05, 3.63) is 53.0 Å². The maximum Gasteiger partial charge on any atom is 0.243 e. The third kappa shape index (κ3) is 5.74. The maximum absolute atomic E-state index is 12.8. The largest absolute Gasteiger partial charge is 0.497 e. The SMILES string of the molecule is COc1ccc(OCCCC(=O)N2CCN(S(=O)(=O)c3cccc(Br)c3)CC2)cc1. The van der Waals surface area contributed by atoms with Gasteiger partial charge >= 0.3 is 0 Å². The summed E-state index contributed by atoms with van der Waals surface area (Å²) >= 11 is 3.31. The highest BCUT2D eigenvalue weighted by molar-refractivity contribution is 9.10. The zero-order valence-electron chi connectivity index (χ0n) is 16.8. The lowest BCUT2D eigenvalue weighted by Gasteiger charge is -2.34. The van der Waals surface area contributed by atoms with Crippen LogP contribution in [-0.4, -0.2) is 63.4 Å². The number of hydrogen-bond donors (Lipinski definition) is 0. The summed E-state index contributed by atoms with van der Waals surface area (Å²) in [5.74, 6) is 1.51. The van der Waals surface area contributed by atoms with Crippen LogP contribution in [0.1, 0.15) is 12.8 Å². The van der Waals surface area contributed by atoms with Crippen LogP contribution in [-0.2, 0) is 14.8 Å². The van der Waals surface area contributed by atoms with Crippen molar-refractivity contribution in [3.8, 4) is 11.5 Å². The van der Waals surface area contributed by atoms with E-state index >= 15 is 0 Å². The Morgan fingerprint density at radius 2 is 1.70 bits per heavy atom. The van der Waals surface area contributed by atoms with Crippen LogP contribution in [0.25, 0.3) is 0 Å². The van der Waals surface area contributed by atoms with E-state index in [1.165, 1.54) is 4.31 Å². The predicted molar refractivity (Wildman–Crippen MR) is 117 cm³/mol. The Morgan fingerprint density at radius 3 is 2.33 bits per heavy atom. The van der Waals surface area contributed by atoms with Crippen molar-refractivity contribution in [2.24, 2.45) is 0 Å². The van der Waals surface area contributed by atoms with Crippen LogP contribution >= 0.6 is 15.9 Å². The highest BCUT2D eigenvalue weighted by Gasteiger charge is 2.30. The second kappa shape index (κ2) is 10.3. The molecular weight excluding hydrogens is 472 g/mol. The Morgan fingerprint density at radius 1 is 1.03 bits per heavy atom. The van der Waals surface area contributed by atoms with Gasteiger partial charge in [0.15, 0.2) is 0 Å². The first-order valence-corrected chi connectivity index (χ1v) is 11.9. The molecule has 1 aliphatic heterocycles. The van der Waals surface area contributed by atoms with Gasteiger partial charge in [0.2, 0.25) is 15.9 Å². The molecule has 3 rings (SSSR count). The quantitative estimate of drug-likeness (QED) is 0.524. The van der Waals surface area contributed by atoms with Crippen LogP contribution in [0.15, 0.2) is 57.9 Å². The van der Waals surface area contributed by atoms with Crippen molar-refractivity contribution in [2.75, 3.05) is 39.9 Å². The van der Waals surface area contributed by atoms with Crippen LogP contribution in [0.3, 0.4) is 0 Å². The van der Waals surface area contributed by atoms with Gasteiger partial charge in [-0.25, -0.2) is 8.42 Å². The van der Waals surface area contributed by atoms with E-state index in [1.54, 1.807) is 36.3 Å². The molecule has 162 valence electrons. The second-order valence-corrected chi connectivity index (χ2v) is 9.72. The third-order valence-corrected chi connectivity index (χ3v) is 7.28. The third-order valence-electron chi connectivity index (χ3n) is 4.89. The maximum atomic E-state index is 12.8.